The molecule has 4 heterocycles. The Hall–Kier alpha value is -5.72. The van der Waals surface area contributed by atoms with Crippen LogP contribution in [0.25, 0.3) is 27.8 Å². The molecule has 4 aromatic rings. The highest BCUT2D eigenvalue weighted by Gasteiger charge is 2.60. The van der Waals surface area contributed by atoms with Crippen molar-refractivity contribution in [1.82, 2.24) is 0 Å². The molecule has 0 aliphatic carbocycles. The number of nitrogens with zero attached hydrogens (tertiary/aromatic N) is 1. The molecule has 1 unspecified atom stereocenters. The number of aliphatic carboxylic acids is 1. The lowest BCUT2D eigenvalue weighted by molar-refractivity contribution is -1.04. The number of phenols is 1. The molecule has 3 aromatic carbocycles. The van der Waals surface area contributed by atoms with Crippen LogP contribution in [0, 0.1) is 13.8 Å². The van der Waals surface area contributed by atoms with Crippen LogP contribution in [0.1, 0.15) is 16.7 Å². The van der Waals surface area contributed by atoms with Gasteiger partial charge in [0.2, 0.25) is 18.5 Å². The van der Waals surface area contributed by atoms with Gasteiger partial charge in [0.25, 0.3) is 0 Å². The van der Waals surface area contributed by atoms with Crippen LogP contribution >= 0.6 is 0 Å². The number of carboxylic acid groups (broad SMARTS) is 1. The zero-order valence-corrected chi connectivity index (χ0v) is 29.4. The van der Waals surface area contributed by atoms with E-state index in [0.717, 1.165) is 22.3 Å². The van der Waals surface area contributed by atoms with Crippen molar-refractivity contribution in [1.29, 1.82) is 0 Å². The molecule has 1 fully saturated rings. The first-order chi connectivity index (χ1) is 26.3. The zero-order valence-electron chi connectivity index (χ0n) is 29.4. The number of hydroxylamine groups is 2. The first kappa shape index (κ1) is 37.6. The average Bonchev–Trinajstić information content (AvgIpc) is 3.75. The highest BCUT2D eigenvalue weighted by Crippen LogP contribution is 2.36. The smallest absolute Gasteiger partial charge is 0.346 e. The van der Waals surface area contributed by atoms with Gasteiger partial charge in [-0.2, -0.15) is 9.90 Å². The van der Waals surface area contributed by atoms with Crippen LogP contribution in [0.5, 0.6) is 11.5 Å². The number of quaternary nitrogens is 1. The molecule has 16 nitrogen and oxygen atoms in total. The number of aromatic hydroxyl groups is 1. The predicted molar refractivity (Wildman–Crippen MR) is 192 cm³/mol. The topological polar surface area (TPSA) is 239 Å². The summed E-state index contributed by atoms with van der Waals surface area (Å²) in [5.41, 5.74) is 2.70. The Morgan fingerprint density at radius 1 is 1.05 bits per heavy atom. The number of ether oxygens (including phenoxy) is 3. The third kappa shape index (κ3) is 7.15. The molecule has 3 aliphatic heterocycles. The van der Waals surface area contributed by atoms with Crippen molar-refractivity contribution in [3.63, 3.8) is 0 Å². The summed E-state index contributed by atoms with van der Waals surface area (Å²) in [6, 6.07) is 16.2. The Bertz CT molecular complexity index is 2300. The molecule has 0 bridgehead atoms. The van der Waals surface area contributed by atoms with Crippen LogP contribution < -0.4 is 15.2 Å². The number of allylic oxidation sites excluding steroid dienone is 1. The molecular weight excluding hydrogens is 720 g/mol. The number of nitrogens with one attached hydrogen (secondary N) is 1. The van der Waals surface area contributed by atoms with Gasteiger partial charge >= 0.3 is 11.9 Å². The van der Waals surface area contributed by atoms with Gasteiger partial charge in [-0.3, -0.25) is 4.79 Å². The molecule has 55 heavy (non-hydrogen) atoms. The Balaban J connectivity index is 1.25. The summed E-state index contributed by atoms with van der Waals surface area (Å²) in [5, 5.41) is 63.0. The molecule has 7 N–H and O–H groups in total. The van der Waals surface area contributed by atoms with E-state index < -0.39 is 61.5 Å². The van der Waals surface area contributed by atoms with Gasteiger partial charge in [0, 0.05) is 23.4 Å². The van der Waals surface area contributed by atoms with Crippen LogP contribution in [0.15, 0.2) is 98.5 Å². The summed E-state index contributed by atoms with van der Waals surface area (Å²) in [6.45, 7) is 2.11. The van der Waals surface area contributed by atoms with E-state index in [2.05, 4.69) is 4.99 Å². The van der Waals surface area contributed by atoms with Gasteiger partial charge in [0.15, 0.2) is 16.7 Å². The number of aliphatic imine (C=N–C) groups is 1. The fourth-order valence-electron chi connectivity index (χ4n) is 6.90. The van der Waals surface area contributed by atoms with Gasteiger partial charge in [-0.05, 0) is 61.9 Å². The molecule has 0 saturated carbocycles. The lowest BCUT2D eigenvalue weighted by Gasteiger charge is -2.47. The van der Waals surface area contributed by atoms with Crippen LogP contribution in [-0.2, 0) is 23.9 Å². The minimum Gasteiger partial charge on any atom is -0.508 e. The summed E-state index contributed by atoms with van der Waals surface area (Å²) in [7, 11) is 0. The number of aryl methyl sites for hydroxylation is 2. The minimum atomic E-state index is -2.56. The number of hydrogen-bond acceptors (Lipinski definition) is 14. The van der Waals surface area contributed by atoms with Gasteiger partial charge in [-0.15, -0.1) is 0 Å². The molecule has 1 aromatic heterocycles. The quantitative estimate of drug-likeness (QED) is 0.0817. The number of carbonyl (C=O) groups is 2. The molecule has 0 amide bonds. The first-order valence-corrected chi connectivity index (χ1v) is 17.1. The lowest BCUT2D eigenvalue weighted by Crippen LogP contribution is -3.09. The summed E-state index contributed by atoms with van der Waals surface area (Å²) in [5.74, 6) is -3.37. The van der Waals surface area contributed by atoms with E-state index >= 15 is 0 Å². The number of hydrogen-bond donors (Lipinski definition) is 7. The molecule has 0 spiro atoms. The number of aliphatic hydroxyl groups excluding tert-OH is 3. The minimum absolute atomic E-state index is 0.0275. The largest absolute Gasteiger partial charge is 0.508 e. The third-order valence-corrected chi connectivity index (χ3v) is 9.62. The number of rotatable bonds is 11. The number of benzene rings is 3. The van der Waals surface area contributed by atoms with Gasteiger partial charge in [-0.1, -0.05) is 29.3 Å². The summed E-state index contributed by atoms with van der Waals surface area (Å²) < 4.78 is 23.0. The van der Waals surface area contributed by atoms with Crippen molar-refractivity contribution in [2.24, 2.45) is 4.99 Å². The summed E-state index contributed by atoms with van der Waals surface area (Å²) >= 11 is 0. The SMILES string of the molecule is Cc1cc(C)cc(C2=C3N=CC=C3C[NH+]2O[C@@H]2[C@@H](Oc3ccc4c(=O)c(-c5ccc(O)cc5)coc4c3)O[C@@H](COC(=O)[C@H](O)C(=O)O)[C@H](O)[C@]2(O)CO)c1. The van der Waals surface area contributed by atoms with Crippen molar-refractivity contribution < 1.29 is 68.8 Å². The predicted octanol–water partition coefficient (Wildman–Crippen LogP) is 0.537. The molecule has 7 rings (SSSR count). The molecule has 16 heteroatoms. The number of esters is 1. The fraction of sp³-hybridized carbons (Fsp3) is 0.282. The second kappa shape index (κ2) is 14.8. The van der Waals surface area contributed by atoms with Crippen LogP contribution in [0.2, 0.25) is 0 Å². The zero-order chi connectivity index (χ0) is 39.2. The standard InChI is InChI=1S/C39H36N2O14/c1-19-11-20(2)13-23(12-19)31-30-22(9-10-40-30)15-41(31)55-35-38(54-29(34(46)39(35,50)18-42)17-52-37(49)33(45)36(47)48)53-25-7-8-26-28(14-25)51-16-27(32(26)44)21-3-5-24(43)6-4-21/h3-14,16,29,33-35,38,42-43,45-46,50H,15,17-18H2,1-2H3,(H,47,48)/p+1/t29-,33+,34-,35+,38-,39+/m0/s1. The van der Waals surface area contributed by atoms with Crippen molar-refractivity contribution in [3.05, 3.63) is 111 Å². The summed E-state index contributed by atoms with van der Waals surface area (Å²) in [6.07, 6.45) is -4.81. The van der Waals surface area contributed by atoms with Gasteiger partial charge in [-0.25, -0.2) is 14.6 Å². The van der Waals surface area contributed by atoms with Crippen molar-refractivity contribution in [2.45, 2.75) is 50.2 Å². The average molecular weight is 758 g/mol. The molecule has 3 aliphatic rings. The molecule has 1 saturated heterocycles. The molecule has 286 valence electrons. The molecular formula is C39H37N2O14+. The normalized spacial score (nSPS) is 25.1. The van der Waals surface area contributed by atoms with Crippen molar-refractivity contribution in [3.8, 4) is 22.6 Å². The van der Waals surface area contributed by atoms with Crippen LogP contribution in [0.4, 0.5) is 0 Å². The van der Waals surface area contributed by atoms with E-state index in [1.165, 1.54) is 36.6 Å². The van der Waals surface area contributed by atoms with E-state index in [1.54, 1.807) is 18.3 Å². The third-order valence-electron chi connectivity index (χ3n) is 9.62. The monoisotopic (exact) mass is 757 g/mol. The van der Waals surface area contributed by atoms with E-state index in [-0.39, 0.29) is 40.0 Å². The van der Waals surface area contributed by atoms with Gasteiger partial charge in [0.05, 0.1) is 17.6 Å². The molecule has 7 atom stereocenters. The summed E-state index contributed by atoms with van der Waals surface area (Å²) in [4.78, 5) is 47.8. The van der Waals surface area contributed by atoms with Crippen molar-refractivity contribution in [2.75, 3.05) is 19.8 Å². The van der Waals surface area contributed by atoms with Gasteiger partial charge < -0.3 is 49.3 Å². The van der Waals surface area contributed by atoms with E-state index in [1.807, 2.05) is 38.1 Å². The number of carboxylic acids is 1. The number of phenolic OH excluding ortho intramolecular Hbond substituents is 1. The Labute approximate surface area is 312 Å². The maximum Gasteiger partial charge on any atom is 0.346 e. The van der Waals surface area contributed by atoms with Gasteiger partial charge in [0.1, 0.15) is 54.4 Å². The molecule has 0 radical (unpaired) electrons. The van der Waals surface area contributed by atoms with E-state index in [0.29, 0.717) is 22.0 Å². The van der Waals surface area contributed by atoms with Crippen LogP contribution in [0.3, 0.4) is 0 Å². The highest BCUT2D eigenvalue weighted by atomic mass is 16.8. The Kier molecular flexibility index (Phi) is 10.1. The van der Waals surface area contributed by atoms with E-state index in [4.69, 9.17) is 28.6 Å². The Morgan fingerprint density at radius 3 is 2.47 bits per heavy atom. The Morgan fingerprint density at radius 2 is 1.78 bits per heavy atom. The lowest BCUT2D eigenvalue weighted by atomic mass is 9.84. The number of fused-ring (bicyclic) bond motifs is 2. The number of carbonyl (C=O) groups excluding carboxylic acids is 1. The second-order valence-corrected chi connectivity index (χ2v) is 13.5. The maximum absolute atomic E-state index is 13.4. The highest BCUT2D eigenvalue weighted by molar-refractivity contribution is 5.96. The van der Waals surface area contributed by atoms with E-state index in [9.17, 15) is 39.9 Å². The first-order valence-electron chi connectivity index (χ1n) is 17.1. The fourth-order valence-corrected chi connectivity index (χ4v) is 6.90. The van der Waals surface area contributed by atoms with Crippen LogP contribution in [-0.4, -0.2) is 105 Å². The number of aliphatic hydroxyl groups is 4. The maximum atomic E-state index is 13.4. The van der Waals surface area contributed by atoms with Crippen molar-refractivity contribution >= 4 is 34.8 Å². The second-order valence-electron chi connectivity index (χ2n) is 13.5.